The maximum atomic E-state index is 13.5. The molecule has 3 aromatic rings. The van der Waals surface area contributed by atoms with Gasteiger partial charge >= 0.3 is 0 Å². The number of nitriles is 1. The Hall–Kier alpha value is -3.63. The lowest BCUT2D eigenvalue weighted by atomic mass is 10.1. The zero-order valence-corrected chi connectivity index (χ0v) is 18.0. The molecule has 6 nitrogen and oxygen atoms in total. The van der Waals surface area contributed by atoms with Crippen LogP contribution in [0.3, 0.4) is 0 Å². The molecule has 0 radical (unpaired) electrons. The predicted molar refractivity (Wildman–Crippen MR) is 120 cm³/mol. The van der Waals surface area contributed by atoms with E-state index in [2.05, 4.69) is 6.07 Å². The van der Waals surface area contributed by atoms with Crippen molar-refractivity contribution in [3.8, 4) is 6.07 Å². The predicted octanol–water partition coefficient (Wildman–Crippen LogP) is 3.97. The number of amides is 1. The van der Waals surface area contributed by atoms with E-state index in [4.69, 9.17) is 5.26 Å². The Morgan fingerprint density at radius 3 is 2.58 bits per heavy atom. The van der Waals surface area contributed by atoms with E-state index in [1.807, 2.05) is 25.1 Å². The molecule has 1 heterocycles. The summed E-state index contributed by atoms with van der Waals surface area (Å²) in [6, 6.07) is 22.1. The molecule has 0 spiro atoms. The van der Waals surface area contributed by atoms with Gasteiger partial charge in [0.2, 0.25) is 0 Å². The third-order valence-electron chi connectivity index (χ3n) is 5.45. The normalized spacial score (nSPS) is 15.3. The highest BCUT2D eigenvalue weighted by molar-refractivity contribution is 7.92. The number of carbonyl (C=O) groups excluding carboxylic acids is 1. The van der Waals surface area contributed by atoms with Crippen LogP contribution in [0.5, 0.6) is 0 Å². The smallest absolute Gasteiger partial charge is 0.264 e. The molecule has 0 N–H and O–H groups in total. The fourth-order valence-corrected chi connectivity index (χ4v) is 5.64. The molecule has 4 rings (SSSR count). The number of hydrogen-bond acceptors (Lipinski definition) is 4. The quantitative estimate of drug-likeness (QED) is 0.626. The summed E-state index contributed by atoms with van der Waals surface area (Å²) in [5, 5.41) is 9.10. The maximum Gasteiger partial charge on any atom is 0.264 e. The van der Waals surface area contributed by atoms with Crippen LogP contribution in [0.15, 0.2) is 77.7 Å². The first-order chi connectivity index (χ1) is 14.8. The van der Waals surface area contributed by atoms with Crippen LogP contribution >= 0.6 is 0 Å². The van der Waals surface area contributed by atoms with Gasteiger partial charge in [0.05, 0.1) is 22.2 Å². The molecular weight excluding hydrogens is 410 g/mol. The van der Waals surface area contributed by atoms with E-state index in [1.54, 1.807) is 49.5 Å². The summed E-state index contributed by atoms with van der Waals surface area (Å²) in [6.07, 6.45) is 0.645. The Balaban J connectivity index is 1.68. The Bertz CT molecular complexity index is 1310. The van der Waals surface area contributed by atoms with Gasteiger partial charge in [-0.2, -0.15) is 5.26 Å². The van der Waals surface area contributed by atoms with E-state index in [1.165, 1.54) is 21.3 Å². The van der Waals surface area contributed by atoms with Crippen molar-refractivity contribution in [2.45, 2.75) is 24.3 Å². The van der Waals surface area contributed by atoms with Gasteiger partial charge in [0.25, 0.3) is 15.9 Å². The van der Waals surface area contributed by atoms with Crippen LogP contribution in [-0.2, 0) is 16.4 Å². The summed E-state index contributed by atoms with van der Waals surface area (Å²) in [4.78, 5) is 14.5. The van der Waals surface area contributed by atoms with Crippen molar-refractivity contribution in [3.05, 3.63) is 89.5 Å². The molecular formula is C24H21N3O3S. The van der Waals surface area contributed by atoms with Crippen LogP contribution in [0.4, 0.5) is 11.4 Å². The number of rotatable bonds is 4. The number of benzene rings is 3. The second-order valence-electron chi connectivity index (χ2n) is 7.54. The first kappa shape index (κ1) is 20.6. The SMILES string of the molecule is CC1Cc2ccccc2N1S(=O)(=O)c1cccc(C(=O)N(C)c2cccc(C#N)c2)c1. The summed E-state index contributed by atoms with van der Waals surface area (Å²) in [7, 11) is -2.24. The fraction of sp³-hybridized carbons (Fsp3) is 0.167. The monoisotopic (exact) mass is 431 g/mol. The molecule has 156 valence electrons. The highest BCUT2D eigenvalue weighted by Crippen LogP contribution is 2.36. The highest BCUT2D eigenvalue weighted by atomic mass is 32.2. The fourth-order valence-electron chi connectivity index (χ4n) is 3.90. The van der Waals surface area contributed by atoms with Crippen molar-refractivity contribution in [1.29, 1.82) is 5.26 Å². The first-order valence-corrected chi connectivity index (χ1v) is 11.3. The van der Waals surface area contributed by atoms with Gasteiger partial charge in [-0.05, 0) is 61.4 Å². The average molecular weight is 432 g/mol. The van der Waals surface area contributed by atoms with Crippen molar-refractivity contribution < 1.29 is 13.2 Å². The largest absolute Gasteiger partial charge is 0.311 e. The van der Waals surface area contributed by atoms with E-state index in [-0.39, 0.29) is 22.4 Å². The number of anilines is 2. The molecule has 1 aliphatic rings. The number of nitrogens with zero attached hydrogens (tertiary/aromatic N) is 3. The van der Waals surface area contributed by atoms with Crippen LogP contribution in [0.25, 0.3) is 0 Å². The lowest BCUT2D eigenvalue weighted by Crippen LogP contribution is -2.36. The van der Waals surface area contributed by atoms with E-state index in [9.17, 15) is 13.2 Å². The summed E-state index contributed by atoms with van der Waals surface area (Å²) in [6.45, 7) is 1.88. The zero-order valence-electron chi connectivity index (χ0n) is 17.2. The summed E-state index contributed by atoms with van der Waals surface area (Å²) in [5.41, 5.74) is 2.92. The third kappa shape index (κ3) is 3.66. The molecule has 0 aromatic heterocycles. The molecule has 1 unspecified atom stereocenters. The minimum atomic E-state index is -3.84. The molecule has 1 amide bonds. The average Bonchev–Trinajstić information content (AvgIpc) is 3.14. The second-order valence-corrected chi connectivity index (χ2v) is 9.35. The van der Waals surface area contributed by atoms with Gasteiger partial charge in [-0.1, -0.05) is 30.3 Å². The molecule has 0 saturated heterocycles. The van der Waals surface area contributed by atoms with E-state index >= 15 is 0 Å². The minimum absolute atomic E-state index is 0.0704. The molecule has 31 heavy (non-hydrogen) atoms. The van der Waals surface area contributed by atoms with E-state index in [0.717, 1.165) is 5.56 Å². The molecule has 0 fully saturated rings. The molecule has 1 aliphatic heterocycles. The van der Waals surface area contributed by atoms with Crippen LogP contribution in [0, 0.1) is 11.3 Å². The van der Waals surface area contributed by atoms with Crippen molar-refractivity contribution in [3.63, 3.8) is 0 Å². The van der Waals surface area contributed by atoms with Gasteiger partial charge in [0.1, 0.15) is 0 Å². The zero-order chi connectivity index (χ0) is 22.2. The van der Waals surface area contributed by atoms with Crippen LogP contribution in [-0.4, -0.2) is 27.4 Å². The molecule has 7 heteroatoms. The number of fused-ring (bicyclic) bond motifs is 1. The Morgan fingerprint density at radius 2 is 1.81 bits per heavy atom. The minimum Gasteiger partial charge on any atom is -0.311 e. The lowest BCUT2D eigenvalue weighted by molar-refractivity contribution is 0.0993. The van der Waals surface area contributed by atoms with Crippen molar-refractivity contribution in [2.24, 2.45) is 0 Å². The van der Waals surface area contributed by atoms with Gasteiger partial charge in [-0.15, -0.1) is 0 Å². The van der Waals surface area contributed by atoms with Crippen molar-refractivity contribution in [2.75, 3.05) is 16.3 Å². The Morgan fingerprint density at radius 1 is 1.06 bits per heavy atom. The highest BCUT2D eigenvalue weighted by Gasteiger charge is 2.36. The standard InChI is InChI=1S/C24H21N3O3S/c1-17-13-19-8-3-4-12-23(19)27(17)31(29,30)22-11-6-9-20(15-22)24(28)26(2)21-10-5-7-18(14-21)16-25/h3-12,14-15,17H,13H2,1-2H3. The van der Waals surface area contributed by atoms with Crippen LogP contribution in [0.1, 0.15) is 28.4 Å². The molecule has 0 aliphatic carbocycles. The molecule has 3 aromatic carbocycles. The van der Waals surface area contributed by atoms with Gasteiger partial charge in [0, 0.05) is 24.3 Å². The van der Waals surface area contributed by atoms with Gasteiger partial charge in [-0.25, -0.2) is 8.42 Å². The number of hydrogen-bond donors (Lipinski definition) is 0. The molecule has 0 saturated carbocycles. The Kier molecular flexibility index (Phi) is 5.25. The third-order valence-corrected chi connectivity index (χ3v) is 7.37. The molecule has 0 bridgehead atoms. The van der Waals surface area contributed by atoms with Crippen LogP contribution < -0.4 is 9.21 Å². The van der Waals surface area contributed by atoms with Gasteiger partial charge in [0.15, 0.2) is 0 Å². The topological polar surface area (TPSA) is 81.5 Å². The molecule has 1 atom stereocenters. The van der Waals surface area contributed by atoms with Crippen molar-refractivity contribution in [1.82, 2.24) is 0 Å². The Labute approximate surface area is 182 Å². The van der Waals surface area contributed by atoms with Crippen LogP contribution in [0.2, 0.25) is 0 Å². The number of carbonyl (C=O) groups is 1. The van der Waals surface area contributed by atoms with Gasteiger partial charge in [-0.3, -0.25) is 9.10 Å². The number of sulfonamides is 1. The first-order valence-electron chi connectivity index (χ1n) is 9.83. The van der Waals surface area contributed by atoms with E-state index < -0.39 is 10.0 Å². The summed E-state index contributed by atoms with van der Waals surface area (Å²) < 4.78 is 28.4. The second kappa shape index (κ2) is 7.89. The number of para-hydroxylation sites is 1. The maximum absolute atomic E-state index is 13.5. The summed E-state index contributed by atoms with van der Waals surface area (Å²) in [5.74, 6) is -0.359. The van der Waals surface area contributed by atoms with Crippen molar-refractivity contribution >= 4 is 27.3 Å². The van der Waals surface area contributed by atoms with Gasteiger partial charge < -0.3 is 4.90 Å². The summed E-state index contributed by atoms with van der Waals surface area (Å²) >= 11 is 0. The lowest BCUT2D eigenvalue weighted by Gasteiger charge is -2.25. The van der Waals surface area contributed by atoms with E-state index in [0.29, 0.717) is 23.4 Å².